The minimum absolute atomic E-state index is 0.0929. The van der Waals surface area contributed by atoms with E-state index in [9.17, 15) is 18.0 Å². The molecule has 1 unspecified atom stereocenters. The number of carbonyl (C=O) groups is 2. The second-order valence-corrected chi connectivity index (χ2v) is 12.5. The third-order valence-corrected chi connectivity index (χ3v) is 8.44. The number of amides is 2. The van der Waals surface area contributed by atoms with E-state index < -0.39 is 16.1 Å². The number of anilines is 1. The number of hydrogen-bond donors (Lipinski definition) is 1. The van der Waals surface area contributed by atoms with Gasteiger partial charge in [-0.25, -0.2) is 8.42 Å². The average molecular weight is 615 g/mol. The highest BCUT2D eigenvalue weighted by Crippen LogP contribution is 2.23. The number of halogens is 1. The van der Waals surface area contributed by atoms with Crippen LogP contribution in [-0.4, -0.2) is 51.0 Å². The van der Waals surface area contributed by atoms with Crippen molar-refractivity contribution in [1.82, 2.24) is 10.2 Å². The van der Waals surface area contributed by atoms with Crippen LogP contribution in [0, 0.1) is 13.8 Å². The van der Waals surface area contributed by atoms with Gasteiger partial charge in [0.25, 0.3) is 0 Å². The zero-order valence-corrected chi connectivity index (χ0v) is 25.3. The van der Waals surface area contributed by atoms with E-state index in [0.717, 1.165) is 26.7 Å². The Morgan fingerprint density at radius 3 is 2.18 bits per heavy atom. The van der Waals surface area contributed by atoms with Gasteiger partial charge in [-0.1, -0.05) is 64.5 Å². The van der Waals surface area contributed by atoms with E-state index in [-0.39, 0.29) is 31.3 Å². The third kappa shape index (κ3) is 8.66. The first-order valence-corrected chi connectivity index (χ1v) is 15.5. The number of nitrogens with zero attached hydrogens (tertiary/aromatic N) is 2. The number of aryl methyl sites for hydroxylation is 2. The van der Waals surface area contributed by atoms with Gasteiger partial charge in [-0.3, -0.25) is 13.9 Å². The van der Waals surface area contributed by atoms with Crippen LogP contribution >= 0.6 is 15.9 Å². The van der Waals surface area contributed by atoms with E-state index >= 15 is 0 Å². The number of benzene rings is 3. The summed E-state index contributed by atoms with van der Waals surface area (Å²) >= 11 is 3.44. The Labute approximate surface area is 240 Å². The van der Waals surface area contributed by atoms with E-state index in [4.69, 9.17) is 0 Å². The molecule has 0 aromatic heterocycles. The lowest BCUT2D eigenvalue weighted by molar-refractivity contribution is -0.141. The molecule has 0 radical (unpaired) electrons. The van der Waals surface area contributed by atoms with Crippen LogP contribution in [-0.2, 0) is 32.6 Å². The second-order valence-electron chi connectivity index (χ2n) is 9.68. The van der Waals surface area contributed by atoms with Crippen LogP contribution in [0.5, 0.6) is 0 Å². The third-order valence-electron chi connectivity index (χ3n) is 6.71. The Morgan fingerprint density at radius 2 is 1.59 bits per heavy atom. The highest BCUT2D eigenvalue weighted by molar-refractivity contribution is 9.10. The molecule has 2 amide bonds. The fraction of sp³-hybridized carbons (Fsp3) is 0.333. The highest BCUT2D eigenvalue weighted by atomic mass is 79.9. The molecule has 9 heteroatoms. The van der Waals surface area contributed by atoms with E-state index in [1.165, 1.54) is 10.6 Å². The van der Waals surface area contributed by atoms with E-state index in [0.29, 0.717) is 18.5 Å². The molecule has 0 aliphatic carbocycles. The van der Waals surface area contributed by atoms with E-state index in [2.05, 4.69) is 21.2 Å². The van der Waals surface area contributed by atoms with Gasteiger partial charge in [0.1, 0.15) is 6.04 Å². The molecule has 3 aromatic carbocycles. The highest BCUT2D eigenvalue weighted by Gasteiger charge is 2.30. The van der Waals surface area contributed by atoms with Crippen LogP contribution in [0.1, 0.15) is 35.1 Å². The summed E-state index contributed by atoms with van der Waals surface area (Å²) in [7, 11) is -1.99. The molecule has 0 aliphatic rings. The lowest BCUT2D eigenvalue weighted by Crippen LogP contribution is -2.49. The van der Waals surface area contributed by atoms with Crippen molar-refractivity contribution in [3.63, 3.8) is 0 Å². The van der Waals surface area contributed by atoms with Crippen molar-refractivity contribution in [3.05, 3.63) is 99.5 Å². The van der Waals surface area contributed by atoms with Gasteiger partial charge >= 0.3 is 0 Å². The van der Waals surface area contributed by atoms with Crippen LogP contribution in [0.25, 0.3) is 0 Å². The SMILES string of the molecule is CNC(=O)C(Cc1ccccc1)N(Cc1ccc(Br)cc1)C(=O)CCCN(c1ccc(C)c(C)c1)S(C)(=O)=O. The summed E-state index contributed by atoms with van der Waals surface area (Å²) in [6.07, 6.45) is 1.93. The minimum Gasteiger partial charge on any atom is -0.357 e. The number of rotatable bonds is 12. The topological polar surface area (TPSA) is 86.8 Å². The number of likely N-dealkylation sites (N-methyl/N-ethyl adjacent to an activating group) is 1. The molecule has 0 saturated carbocycles. The van der Waals surface area contributed by atoms with Gasteiger partial charge in [-0.05, 0) is 66.8 Å². The Hall–Kier alpha value is -3.17. The average Bonchev–Trinajstić information content (AvgIpc) is 2.90. The van der Waals surface area contributed by atoms with Gasteiger partial charge < -0.3 is 10.2 Å². The molecule has 39 heavy (non-hydrogen) atoms. The van der Waals surface area contributed by atoms with Crippen molar-refractivity contribution in [2.45, 2.75) is 45.7 Å². The second kappa shape index (κ2) is 13.8. The lowest BCUT2D eigenvalue weighted by atomic mass is 10.0. The minimum atomic E-state index is -3.55. The fourth-order valence-electron chi connectivity index (χ4n) is 4.39. The zero-order chi connectivity index (χ0) is 28.6. The van der Waals surface area contributed by atoms with Crippen molar-refractivity contribution in [3.8, 4) is 0 Å². The molecule has 0 aliphatic heterocycles. The maximum absolute atomic E-state index is 13.7. The first kappa shape index (κ1) is 30.4. The van der Waals surface area contributed by atoms with Crippen molar-refractivity contribution < 1.29 is 18.0 Å². The summed E-state index contributed by atoms with van der Waals surface area (Å²) in [4.78, 5) is 28.4. The Kier molecular flexibility index (Phi) is 10.7. The van der Waals surface area contributed by atoms with Crippen LogP contribution in [0.3, 0.4) is 0 Å². The molecule has 0 spiro atoms. The van der Waals surface area contributed by atoms with Gasteiger partial charge in [0, 0.05) is 37.5 Å². The first-order chi connectivity index (χ1) is 18.5. The summed E-state index contributed by atoms with van der Waals surface area (Å²) < 4.78 is 27.5. The van der Waals surface area contributed by atoms with E-state index in [1.54, 1.807) is 18.0 Å². The molecule has 0 saturated heterocycles. The van der Waals surface area contributed by atoms with Gasteiger partial charge in [-0.15, -0.1) is 0 Å². The normalized spacial score (nSPS) is 12.0. The molecule has 3 aromatic rings. The van der Waals surface area contributed by atoms with Gasteiger partial charge in [-0.2, -0.15) is 0 Å². The van der Waals surface area contributed by atoms with Gasteiger partial charge in [0.05, 0.1) is 11.9 Å². The van der Waals surface area contributed by atoms with Gasteiger partial charge in [0.2, 0.25) is 21.8 Å². The zero-order valence-electron chi connectivity index (χ0n) is 22.9. The van der Waals surface area contributed by atoms with Crippen LogP contribution in [0.15, 0.2) is 77.3 Å². The molecule has 3 rings (SSSR count). The van der Waals surface area contributed by atoms with Crippen LogP contribution < -0.4 is 9.62 Å². The first-order valence-electron chi connectivity index (χ1n) is 12.8. The Balaban J connectivity index is 1.84. The quantitative estimate of drug-likeness (QED) is 0.311. The standard InChI is InChI=1S/C30H36BrN3O4S/c1-22-12-17-27(19-23(22)2)34(39(4,37)38)18-8-11-29(35)33(21-25-13-15-26(31)16-14-25)28(30(36)32-3)20-24-9-6-5-7-10-24/h5-7,9-10,12-17,19,28H,8,11,18,20-21H2,1-4H3,(H,32,36). The maximum Gasteiger partial charge on any atom is 0.242 e. The summed E-state index contributed by atoms with van der Waals surface area (Å²) in [5.41, 5.74) is 4.48. The molecule has 0 heterocycles. The van der Waals surface area contributed by atoms with Crippen LogP contribution in [0.2, 0.25) is 0 Å². The Morgan fingerprint density at radius 1 is 0.923 bits per heavy atom. The van der Waals surface area contributed by atoms with E-state index in [1.807, 2.05) is 80.6 Å². The summed E-state index contributed by atoms with van der Waals surface area (Å²) in [5, 5.41) is 2.71. The summed E-state index contributed by atoms with van der Waals surface area (Å²) in [5.74, 6) is -0.465. The fourth-order valence-corrected chi connectivity index (χ4v) is 5.61. The number of sulfonamides is 1. The van der Waals surface area contributed by atoms with Crippen molar-refractivity contribution in [2.75, 3.05) is 24.2 Å². The maximum atomic E-state index is 13.7. The van der Waals surface area contributed by atoms with Crippen LogP contribution in [0.4, 0.5) is 5.69 Å². The summed E-state index contributed by atoms with van der Waals surface area (Å²) in [6.45, 7) is 4.32. The molecule has 1 atom stereocenters. The van der Waals surface area contributed by atoms with Crippen molar-refractivity contribution in [2.24, 2.45) is 0 Å². The van der Waals surface area contributed by atoms with Crippen molar-refractivity contribution in [1.29, 1.82) is 0 Å². The predicted molar refractivity (Wildman–Crippen MR) is 160 cm³/mol. The smallest absolute Gasteiger partial charge is 0.242 e. The van der Waals surface area contributed by atoms with Crippen molar-refractivity contribution >= 4 is 43.5 Å². The molecule has 7 nitrogen and oxygen atoms in total. The largest absolute Gasteiger partial charge is 0.357 e. The number of nitrogens with one attached hydrogen (secondary N) is 1. The molecule has 0 fully saturated rings. The molecule has 0 bridgehead atoms. The molecular weight excluding hydrogens is 578 g/mol. The predicted octanol–water partition coefficient (Wildman–Crippen LogP) is 5.00. The molecule has 208 valence electrons. The molecule has 1 N–H and O–H groups in total. The monoisotopic (exact) mass is 613 g/mol. The molecular formula is C30H36BrN3O4S. The lowest BCUT2D eigenvalue weighted by Gasteiger charge is -2.31. The van der Waals surface area contributed by atoms with Gasteiger partial charge in [0.15, 0.2) is 0 Å². The number of hydrogen-bond acceptors (Lipinski definition) is 4. The Bertz CT molecular complexity index is 1380. The number of carbonyl (C=O) groups excluding carboxylic acids is 2. The summed E-state index contributed by atoms with van der Waals surface area (Å²) in [6, 6.07) is 22.0.